The third-order valence-corrected chi connectivity index (χ3v) is 1.96. The zero-order valence-corrected chi connectivity index (χ0v) is 10.0. The number of allylic oxidation sites excluding steroid dienone is 4. The Morgan fingerprint density at radius 1 is 1.29 bits per heavy atom. The van der Waals surface area contributed by atoms with Gasteiger partial charge in [0, 0.05) is 0 Å². The number of aliphatic imine (C=N–C) groups is 1. The first-order valence-electron chi connectivity index (χ1n) is 4.84. The molecule has 0 aliphatic carbocycles. The molecule has 78 valence electrons. The van der Waals surface area contributed by atoms with E-state index in [4.69, 9.17) is 0 Å². The first kappa shape index (κ1) is 12.9. The molecule has 0 heterocycles. The lowest BCUT2D eigenvalue weighted by molar-refractivity contribution is 0.512. The third kappa shape index (κ3) is 3.33. The molecule has 0 bridgehead atoms. The van der Waals surface area contributed by atoms with Gasteiger partial charge in [-0.2, -0.15) is 0 Å². The molecule has 0 N–H and O–H groups in total. The summed E-state index contributed by atoms with van der Waals surface area (Å²) in [5, 5.41) is 0. The highest BCUT2D eigenvalue weighted by Crippen LogP contribution is 2.31. The lowest BCUT2D eigenvalue weighted by Gasteiger charge is -2.23. The van der Waals surface area contributed by atoms with E-state index in [-0.39, 0.29) is 5.41 Å². The highest BCUT2D eigenvalue weighted by Gasteiger charge is 2.18. The van der Waals surface area contributed by atoms with Crippen molar-refractivity contribution < 1.29 is 0 Å². The number of rotatable bonds is 3. The Balaban J connectivity index is 5.56. The molecule has 0 aromatic rings. The van der Waals surface area contributed by atoms with Crippen LogP contribution in [0.5, 0.6) is 0 Å². The quantitative estimate of drug-likeness (QED) is 0.469. The van der Waals surface area contributed by atoms with Crippen LogP contribution in [0.4, 0.5) is 0 Å². The molecule has 0 saturated carbocycles. The van der Waals surface area contributed by atoms with Gasteiger partial charge in [0.15, 0.2) is 0 Å². The van der Waals surface area contributed by atoms with Crippen LogP contribution in [0.3, 0.4) is 0 Å². The second kappa shape index (κ2) is 4.94. The number of hydrogen-bond donors (Lipinski definition) is 0. The standard InChI is InChI=1S/C13H21N/c1-8-9-11(13(4,5)6)12(14-7)10(2)3/h8-9H,2,7H2,1,3-6H3/b9-8?,12-11-. The average Bonchev–Trinajstić information content (AvgIpc) is 2.02. The van der Waals surface area contributed by atoms with Gasteiger partial charge in [-0.3, -0.25) is 4.99 Å². The van der Waals surface area contributed by atoms with Crippen molar-refractivity contribution in [2.75, 3.05) is 0 Å². The van der Waals surface area contributed by atoms with E-state index in [2.05, 4.69) is 45.1 Å². The van der Waals surface area contributed by atoms with Gasteiger partial charge in [0.1, 0.15) is 0 Å². The topological polar surface area (TPSA) is 12.4 Å². The Bertz CT molecular complexity index is 285. The van der Waals surface area contributed by atoms with Crippen molar-refractivity contribution in [2.24, 2.45) is 10.4 Å². The van der Waals surface area contributed by atoms with Crippen molar-refractivity contribution in [3.63, 3.8) is 0 Å². The Labute approximate surface area is 87.9 Å². The van der Waals surface area contributed by atoms with Crippen LogP contribution in [0.1, 0.15) is 34.6 Å². The van der Waals surface area contributed by atoms with Crippen molar-refractivity contribution in [3.8, 4) is 0 Å². The first-order valence-corrected chi connectivity index (χ1v) is 4.84. The summed E-state index contributed by atoms with van der Waals surface area (Å²) in [7, 11) is 0. The largest absolute Gasteiger partial charge is 0.264 e. The molecule has 14 heavy (non-hydrogen) atoms. The lowest BCUT2D eigenvalue weighted by atomic mass is 9.83. The summed E-state index contributed by atoms with van der Waals surface area (Å²) in [4.78, 5) is 4.05. The molecule has 0 fully saturated rings. The van der Waals surface area contributed by atoms with E-state index in [0.717, 1.165) is 11.3 Å². The van der Waals surface area contributed by atoms with E-state index in [1.54, 1.807) is 0 Å². The molecule has 0 aromatic carbocycles. The van der Waals surface area contributed by atoms with E-state index in [0.29, 0.717) is 0 Å². The van der Waals surface area contributed by atoms with Gasteiger partial charge >= 0.3 is 0 Å². The maximum absolute atomic E-state index is 4.05. The van der Waals surface area contributed by atoms with Gasteiger partial charge in [-0.25, -0.2) is 0 Å². The van der Waals surface area contributed by atoms with Gasteiger partial charge in [0.05, 0.1) is 5.70 Å². The normalized spacial score (nSPS) is 14.1. The minimum atomic E-state index is 0.0714. The highest BCUT2D eigenvalue weighted by molar-refractivity contribution is 5.44. The molecule has 0 radical (unpaired) electrons. The zero-order valence-electron chi connectivity index (χ0n) is 10.0. The average molecular weight is 191 g/mol. The fraction of sp³-hybridized carbons (Fsp3) is 0.462. The zero-order chi connectivity index (χ0) is 11.4. The highest BCUT2D eigenvalue weighted by atomic mass is 14.7. The molecule has 0 amide bonds. The van der Waals surface area contributed by atoms with Gasteiger partial charge in [-0.1, -0.05) is 39.5 Å². The van der Waals surface area contributed by atoms with Crippen molar-refractivity contribution in [3.05, 3.63) is 35.6 Å². The molecule has 1 heteroatoms. The molecule has 0 spiro atoms. The second-order valence-corrected chi connectivity index (χ2v) is 4.45. The molecule has 1 nitrogen and oxygen atoms in total. The van der Waals surface area contributed by atoms with E-state index in [1.807, 2.05) is 19.9 Å². The van der Waals surface area contributed by atoms with Crippen molar-refractivity contribution >= 4 is 6.72 Å². The van der Waals surface area contributed by atoms with Crippen molar-refractivity contribution in [1.82, 2.24) is 0 Å². The van der Waals surface area contributed by atoms with Crippen LogP contribution >= 0.6 is 0 Å². The predicted octanol–water partition coefficient (Wildman–Crippen LogP) is 4.14. The van der Waals surface area contributed by atoms with Crippen LogP contribution in [-0.2, 0) is 0 Å². The van der Waals surface area contributed by atoms with E-state index in [9.17, 15) is 0 Å². The van der Waals surface area contributed by atoms with E-state index in [1.165, 1.54) is 5.57 Å². The van der Waals surface area contributed by atoms with Crippen LogP contribution in [0.15, 0.2) is 40.6 Å². The second-order valence-electron chi connectivity index (χ2n) is 4.45. The summed E-state index contributed by atoms with van der Waals surface area (Å²) in [6, 6.07) is 0. The Kier molecular flexibility index (Phi) is 4.55. The Morgan fingerprint density at radius 3 is 2.00 bits per heavy atom. The Hall–Kier alpha value is -1.11. The van der Waals surface area contributed by atoms with Crippen LogP contribution in [0, 0.1) is 5.41 Å². The van der Waals surface area contributed by atoms with Crippen LogP contribution in [0.25, 0.3) is 0 Å². The summed E-state index contributed by atoms with van der Waals surface area (Å²) >= 11 is 0. The van der Waals surface area contributed by atoms with E-state index < -0.39 is 0 Å². The Morgan fingerprint density at radius 2 is 1.79 bits per heavy atom. The molecule has 0 saturated heterocycles. The number of hydrogen-bond acceptors (Lipinski definition) is 1. The molecular weight excluding hydrogens is 170 g/mol. The van der Waals surface area contributed by atoms with Gasteiger partial charge in [-0.05, 0) is 37.1 Å². The molecule has 0 aliphatic rings. The fourth-order valence-electron chi connectivity index (χ4n) is 1.30. The smallest absolute Gasteiger partial charge is 0.0682 e. The van der Waals surface area contributed by atoms with Gasteiger partial charge in [-0.15, -0.1) is 0 Å². The predicted molar refractivity (Wildman–Crippen MR) is 65.7 cm³/mol. The summed E-state index contributed by atoms with van der Waals surface area (Å²) in [6.07, 6.45) is 4.10. The maximum Gasteiger partial charge on any atom is 0.0682 e. The van der Waals surface area contributed by atoms with Crippen molar-refractivity contribution in [2.45, 2.75) is 34.6 Å². The van der Waals surface area contributed by atoms with Gasteiger partial charge in [0.25, 0.3) is 0 Å². The summed E-state index contributed by atoms with van der Waals surface area (Å²) < 4.78 is 0. The first-order chi connectivity index (χ1) is 6.34. The molecular formula is C13H21N. The minimum absolute atomic E-state index is 0.0714. The van der Waals surface area contributed by atoms with Crippen LogP contribution in [-0.4, -0.2) is 6.72 Å². The monoisotopic (exact) mass is 191 g/mol. The maximum atomic E-state index is 4.05. The fourth-order valence-corrected chi connectivity index (χ4v) is 1.30. The number of nitrogens with zero attached hydrogens (tertiary/aromatic N) is 1. The third-order valence-electron chi connectivity index (χ3n) is 1.96. The minimum Gasteiger partial charge on any atom is -0.264 e. The SMILES string of the molecule is C=N/C(C(=C)C)=C(/C=CC)C(C)(C)C. The summed E-state index contributed by atoms with van der Waals surface area (Å²) in [5.41, 5.74) is 3.13. The van der Waals surface area contributed by atoms with Gasteiger partial charge in [0.2, 0.25) is 0 Å². The van der Waals surface area contributed by atoms with Crippen molar-refractivity contribution in [1.29, 1.82) is 0 Å². The van der Waals surface area contributed by atoms with Gasteiger partial charge < -0.3 is 0 Å². The molecule has 0 aromatic heterocycles. The molecule has 0 unspecified atom stereocenters. The molecule has 0 rings (SSSR count). The molecule has 0 atom stereocenters. The summed E-state index contributed by atoms with van der Waals surface area (Å²) in [5.74, 6) is 0. The summed E-state index contributed by atoms with van der Waals surface area (Å²) in [6.45, 7) is 18.0. The lowest BCUT2D eigenvalue weighted by Crippen LogP contribution is -2.10. The van der Waals surface area contributed by atoms with E-state index >= 15 is 0 Å². The van der Waals surface area contributed by atoms with Crippen LogP contribution < -0.4 is 0 Å². The molecule has 0 aliphatic heterocycles. The van der Waals surface area contributed by atoms with Crippen LogP contribution in [0.2, 0.25) is 0 Å².